The van der Waals surface area contributed by atoms with Gasteiger partial charge in [0.1, 0.15) is 0 Å². The van der Waals surface area contributed by atoms with Gasteiger partial charge in [0.05, 0.1) is 11.7 Å². The van der Waals surface area contributed by atoms with Gasteiger partial charge in [-0.15, -0.1) is 0 Å². The van der Waals surface area contributed by atoms with Crippen LogP contribution in [0.2, 0.25) is 0 Å². The largest absolute Gasteiger partial charge is 0.372 e. The van der Waals surface area contributed by atoms with E-state index < -0.39 is 0 Å². The SMILES string of the molecule is CC.CC1CC(C)(C)OC1C. The summed E-state index contributed by atoms with van der Waals surface area (Å²) >= 11 is 0. The first-order chi connectivity index (χ1) is 5.01. The van der Waals surface area contributed by atoms with E-state index in [9.17, 15) is 0 Å². The zero-order valence-electron chi connectivity index (χ0n) is 8.77. The van der Waals surface area contributed by atoms with Gasteiger partial charge in [-0.05, 0) is 33.1 Å². The fourth-order valence-electron chi connectivity index (χ4n) is 1.61. The van der Waals surface area contributed by atoms with E-state index in [0.29, 0.717) is 6.10 Å². The van der Waals surface area contributed by atoms with Crippen LogP contribution < -0.4 is 0 Å². The molecule has 11 heavy (non-hydrogen) atoms. The molecule has 1 aliphatic rings. The van der Waals surface area contributed by atoms with E-state index in [4.69, 9.17) is 4.74 Å². The Bertz CT molecular complexity index is 95.4. The molecule has 0 amide bonds. The van der Waals surface area contributed by atoms with Crippen molar-refractivity contribution in [3.05, 3.63) is 0 Å². The first kappa shape index (κ1) is 11.0. The van der Waals surface area contributed by atoms with Crippen molar-refractivity contribution in [2.24, 2.45) is 5.92 Å². The molecule has 0 bridgehead atoms. The van der Waals surface area contributed by atoms with E-state index in [1.165, 1.54) is 6.42 Å². The predicted molar refractivity (Wildman–Crippen MR) is 49.8 cm³/mol. The van der Waals surface area contributed by atoms with Crippen molar-refractivity contribution in [3.63, 3.8) is 0 Å². The van der Waals surface area contributed by atoms with Crippen molar-refractivity contribution >= 4 is 0 Å². The second-order valence-electron chi connectivity index (χ2n) is 3.76. The second kappa shape index (κ2) is 4.10. The quantitative estimate of drug-likeness (QED) is 0.526. The Morgan fingerprint density at radius 2 is 1.64 bits per heavy atom. The summed E-state index contributed by atoms with van der Waals surface area (Å²) < 4.78 is 5.66. The van der Waals surface area contributed by atoms with Gasteiger partial charge in [-0.2, -0.15) is 0 Å². The molecule has 0 aromatic rings. The highest BCUT2D eigenvalue weighted by molar-refractivity contribution is 4.83. The van der Waals surface area contributed by atoms with Crippen molar-refractivity contribution < 1.29 is 4.74 Å². The lowest BCUT2D eigenvalue weighted by atomic mass is 9.97. The van der Waals surface area contributed by atoms with Crippen LogP contribution in [-0.2, 0) is 4.74 Å². The molecule has 1 heteroatoms. The van der Waals surface area contributed by atoms with E-state index in [-0.39, 0.29) is 5.60 Å². The second-order valence-corrected chi connectivity index (χ2v) is 3.76. The number of hydrogen-bond donors (Lipinski definition) is 0. The lowest BCUT2D eigenvalue weighted by Gasteiger charge is -2.16. The van der Waals surface area contributed by atoms with E-state index >= 15 is 0 Å². The Morgan fingerprint density at radius 1 is 1.18 bits per heavy atom. The van der Waals surface area contributed by atoms with Gasteiger partial charge < -0.3 is 4.74 Å². The molecule has 1 saturated heterocycles. The molecule has 68 valence electrons. The molecule has 2 atom stereocenters. The summed E-state index contributed by atoms with van der Waals surface area (Å²) in [5.41, 5.74) is 0.138. The third kappa shape index (κ3) is 3.24. The molecule has 1 nitrogen and oxygen atoms in total. The number of hydrogen-bond acceptors (Lipinski definition) is 1. The van der Waals surface area contributed by atoms with Crippen LogP contribution in [0.5, 0.6) is 0 Å². The maximum Gasteiger partial charge on any atom is 0.0633 e. The van der Waals surface area contributed by atoms with E-state index in [2.05, 4.69) is 27.7 Å². The average Bonchev–Trinajstić information content (AvgIpc) is 2.10. The highest BCUT2D eigenvalue weighted by atomic mass is 16.5. The molecule has 0 aromatic carbocycles. The van der Waals surface area contributed by atoms with Crippen molar-refractivity contribution in [1.29, 1.82) is 0 Å². The minimum Gasteiger partial charge on any atom is -0.372 e. The third-order valence-electron chi connectivity index (χ3n) is 2.12. The number of rotatable bonds is 0. The molecule has 2 unspecified atom stereocenters. The van der Waals surface area contributed by atoms with Gasteiger partial charge in [0, 0.05) is 0 Å². The van der Waals surface area contributed by atoms with Gasteiger partial charge in [0.2, 0.25) is 0 Å². The van der Waals surface area contributed by atoms with E-state index in [1.54, 1.807) is 0 Å². The van der Waals surface area contributed by atoms with Crippen LogP contribution >= 0.6 is 0 Å². The molecule has 1 aliphatic heterocycles. The lowest BCUT2D eigenvalue weighted by molar-refractivity contribution is -0.0109. The summed E-state index contributed by atoms with van der Waals surface area (Å²) in [5, 5.41) is 0. The van der Waals surface area contributed by atoms with Crippen LogP contribution in [0.4, 0.5) is 0 Å². The first-order valence-corrected chi connectivity index (χ1v) is 4.69. The van der Waals surface area contributed by atoms with Crippen LogP contribution in [0.1, 0.15) is 48.0 Å². The van der Waals surface area contributed by atoms with Crippen molar-refractivity contribution in [3.8, 4) is 0 Å². The van der Waals surface area contributed by atoms with Crippen molar-refractivity contribution in [1.82, 2.24) is 0 Å². The van der Waals surface area contributed by atoms with Crippen LogP contribution in [0, 0.1) is 5.92 Å². The molecule has 1 rings (SSSR count). The van der Waals surface area contributed by atoms with Crippen LogP contribution in [-0.4, -0.2) is 11.7 Å². The summed E-state index contributed by atoms with van der Waals surface area (Å²) in [6.45, 7) is 12.7. The van der Waals surface area contributed by atoms with Crippen LogP contribution in [0.15, 0.2) is 0 Å². The minimum absolute atomic E-state index is 0.138. The molecular weight excluding hydrogens is 136 g/mol. The fourth-order valence-corrected chi connectivity index (χ4v) is 1.61. The molecule has 0 N–H and O–H groups in total. The van der Waals surface area contributed by atoms with Gasteiger partial charge in [-0.3, -0.25) is 0 Å². The molecule has 0 spiro atoms. The highest BCUT2D eigenvalue weighted by Crippen LogP contribution is 2.33. The fraction of sp³-hybridized carbons (Fsp3) is 1.00. The Morgan fingerprint density at radius 3 is 1.73 bits per heavy atom. The molecule has 0 saturated carbocycles. The van der Waals surface area contributed by atoms with Gasteiger partial charge in [0.15, 0.2) is 0 Å². The summed E-state index contributed by atoms with van der Waals surface area (Å²) in [6, 6.07) is 0. The van der Waals surface area contributed by atoms with Crippen LogP contribution in [0.3, 0.4) is 0 Å². The Kier molecular flexibility index (Phi) is 4.09. The molecular formula is C10H22O. The highest BCUT2D eigenvalue weighted by Gasteiger charge is 2.34. The first-order valence-electron chi connectivity index (χ1n) is 4.69. The summed E-state index contributed by atoms with van der Waals surface area (Å²) in [7, 11) is 0. The maximum absolute atomic E-state index is 5.66. The van der Waals surface area contributed by atoms with E-state index in [1.807, 2.05) is 13.8 Å². The summed E-state index contributed by atoms with van der Waals surface area (Å²) in [5.74, 6) is 0.736. The van der Waals surface area contributed by atoms with Crippen molar-refractivity contribution in [2.45, 2.75) is 59.7 Å². The average molecular weight is 158 g/mol. The molecule has 0 radical (unpaired) electrons. The van der Waals surface area contributed by atoms with Gasteiger partial charge in [0.25, 0.3) is 0 Å². The normalized spacial score (nSPS) is 34.4. The third-order valence-corrected chi connectivity index (χ3v) is 2.12. The standard InChI is InChI=1S/C8H16O.C2H6/c1-6-5-8(3,4)9-7(6)2;1-2/h6-7H,5H2,1-4H3;1-2H3. The predicted octanol–water partition coefficient (Wildman–Crippen LogP) is 3.24. The van der Waals surface area contributed by atoms with Crippen molar-refractivity contribution in [2.75, 3.05) is 0 Å². The molecule has 0 aliphatic carbocycles. The van der Waals surface area contributed by atoms with Gasteiger partial charge >= 0.3 is 0 Å². The van der Waals surface area contributed by atoms with Crippen LogP contribution in [0.25, 0.3) is 0 Å². The van der Waals surface area contributed by atoms with Gasteiger partial charge in [-0.25, -0.2) is 0 Å². The Hall–Kier alpha value is -0.0400. The van der Waals surface area contributed by atoms with Gasteiger partial charge in [-0.1, -0.05) is 20.8 Å². The summed E-state index contributed by atoms with van der Waals surface area (Å²) in [4.78, 5) is 0. The smallest absolute Gasteiger partial charge is 0.0633 e. The Balaban J connectivity index is 0.000000461. The number of ether oxygens (including phenoxy) is 1. The maximum atomic E-state index is 5.66. The minimum atomic E-state index is 0.138. The zero-order chi connectivity index (χ0) is 9.07. The Labute approximate surface area is 71.1 Å². The summed E-state index contributed by atoms with van der Waals surface area (Å²) in [6.07, 6.45) is 1.66. The molecule has 1 heterocycles. The lowest BCUT2D eigenvalue weighted by Crippen LogP contribution is -2.18. The monoisotopic (exact) mass is 158 g/mol. The molecule has 1 fully saturated rings. The topological polar surface area (TPSA) is 9.23 Å². The van der Waals surface area contributed by atoms with E-state index in [0.717, 1.165) is 5.92 Å². The zero-order valence-corrected chi connectivity index (χ0v) is 8.77. The molecule has 0 aromatic heterocycles.